The van der Waals surface area contributed by atoms with Crippen LogP contribution >= 0.6 is 11.3 Å². The number of imide groups is 1. The molecule has 2 heterocycles. The number of carbonyl (C=O) groups is 2. The number of hydrogen-bond donors (Lipinski definition) is 0. The van der Waals surface area contributed by atoms with Gasteiger partial charge in [0.1, 0.15) is 0 Å². The summed E-state index contributed by atoms with van der Waals surface area (Å²) in [5.74, 6) is 0.812. The lowest BCUT2D eigenvalue weighted by Crippen LogP contribution is -2.39. The van der Waals surface area contributed by atoms with Gasteiger partial charge in [0.15, 0.2) is 11.5 Å². The zero-order valence-corrected chi connectivity index (χ0v) is 18.9. The Labute approximate surface area is 190 Å². The van der Waals surface area contributed by atoms with Gasteiger partial charge in [-0.1, -0.05) is 24.3 Å². The Balaban J connectivity index is 1.55. The summed E-state index contributed by atoms with van der Waals surface area (Å²) < 4.78 is 17.1. The second kappa shape index (κ2) is 9.28. The van der Waals surface area contributed by atoms with Crippen molar-refractivity contribution in [2.24, 2.45) is 0 Å². The molecule has 3 aromatic rings. The smallest absolute Gasteiger partial charge is 0.261 e. The summed E-state index contributed by atoms with van der Waals surface area (Å²) in [6, 6.07) is 13.5. The fraction of sp³-hybridized carbons (Fsp3) is 0.200. The highest BCUT2D eigenvalue weighted by molar-refractivity contribution is 7.20. The van der Waals surface area contributed by atoms with Gasteiger partial charge in [-0.2, -0.15) is 0 Å². The highest BCUT2D eigenvalue weighted by Gasteiger charge is 2.27. The van der Waals surface area contributed by atoms with E-state index in [0.29, 0.717) is 41.4 Å². The minimum absolute atomic E-state index is 0.276. The van der Waals surface area contributed by atoms with Crippen molar-refractivity contribution in [3.63, 3.8) is 0 Å². The molecular formula is C25H23NO5S. The van der Waals surface area contributed by atoms with Crippen LogP contribution in [0.2, 0.25) is 0 Å². The molecule has 0 aliphatic carbocycles. The maximum atomic E-state index is 13.1. The number of carbonyl (C=O) groups excluding carboxylic acids is 2. The second-order valence-corrected chi connectivity index (χ2v) is 8.23. The Morgan fingerprint density at radius 2 is 1.75 bits per heavy atom. The lowest BCUT2D eigenvalue weighted by molar-refractivity contribution is -0.138. The number of benzene rings is 2. The van der Waals surface area contributed by atoms with Gasteiger partial charge in [-0.05, 0) is 47.7 Å². The van der Waals surface area contributed by atoms with Crippen molar-refractivity contribution >= 4 is 44.9 Å². The number of hydrogen-bond acceptors (Lipinski definition) is 6. The summed E-state index contributed by atoms with van der Waals surface area (Å²) >= 11 is 1.56. The van der Waals surface area contributed by atoms with Crippen molar-refractivity contribution in [2.45, 2.75) is 6.42 Å². The molecule has 164 valence electrons. The molecule has 0 saturated heterocycles. The lowest BCUT2D eigenvalue weighted by atomic mass is 10.1. The third-order valence-corrected chi connectivity index (χ3v) is 6.39. The predicted octanol–water partition coefficient (Wildman–Crippen LogP) is 4.78. The maximum Gasteiger partial charge on any atom is 0.261 e. The SMILES string of the molecule is COc1cc(/C=C/C(=O)N2CCC=C(c3cc4ccccc4s3)C2=O)cc(OC)c1OC. The Kier molecular flexibility index (Phi) is 6.28. The van der Waals surface area contributed by atoms with Crippen LogP contribution in [0.3, 0.4) is 0 Å². The summed E-state index contributed by atoms with van der Waals surface area (Å²) in [6.07, 6.45) is 5.57. The van der Waals surface area contributed by atoms with E-state index in [0.717, 1.165) is 15.0 Å². The lowest BCUT2D eigenvalue weighted by Gasteiger charge is -2.24. The van der Waals surface area contributed by atoms with E-state index in [4.69, 9.17) is 14.2 Å². The van der Waals surface area contributed by atoms with Crippen molar-refractivity contribution < 1.29 is 23.8 Å². The van der Waals surface area contributed by atoms with E-state index in [2.05, 4.69) is 0 Å². The molecule has 0 saturated carbocycles. The van der Waals surface area contributed by atoms with Crippen molar-refractivity contribution in [3.05, 3.63) is 65.1 Å². The number of ether oxygens (including phenoxy) is 3. The third kappa shape index (κ3) is 4.11. The van der Waals surface area contributed by atoms with E-state index in [-0.39, 0.29) is 11.8 Å². The van der Waals surface area contributed by atoms with Gasteiger partial charge in [0.05, 0.1) is 26.9 Å². The van der Waals surface area contributed by atoms with Gasteiger partial charge in [-0.25, -0.2) is 0 Å². The van der Waals surface area contributed by atoms with Gasteiger partial charge in [0, 0.05) is 22.2 Å². The first kappa shape index (κ1) is 21.6. The molecule has 6 nitrogen and oxygen atoms in total. The molecule has 32 heavy (non-hydrogen) atoms. The summed E-state index contributed by atoms with van der Waals surface area (Å²) in [5, 5.41) is 1.09. The number of fused-ring (bicyclic) bond motifs is 1. The van der Waals surface area contributed by atoms with E-state index in [1.165, 1.54) is 32.3 Å². The van der Waals surface area contributed by atoms with Gasteiger partial charge in [-0.3, -0.25) is 14.5 Å². The summed E-state index contributed by atoms with van der Waals surface area (Å²) in [5.41, 5.74) is 1.27. The van der Waals surface area contributed by atoms with E-state index in [1.54, 1.807) is 29.5 Å². The van der Waals surface area contributed by atoms with Crippen molar-refractivity contribution in [1.29, 1.82) is 0 Å². The number of amides is 2. The molecule has 0 bridgehead atoms. The van der Waals surface area contributed by atoms with E-state index < -0.39 is 0 Å². The second-order valence-electron chi connectivity index (χ2n) is 7.14. The summed E-state index contributed by atoms with van der Waals surface area (Å²) in [7, 11) is 4.59. The average Bonchev–Trinajstić information content (AvgIpc) is 3.25. The molecule has 7 heteroatoms. The molecule has 2 aromatic carbocycles. The van der Waals surface area contributed by atoms with Crippen molar-refractivity contribution in [3.8, 4) is 17.2 Å². The molecule has 1 aliphatic heterocycles. The zero-order valence-electron chi connectivity index (χ0n) is 18.1. The molecule has 2 amide bonds. The molecular weight excluding hydrogens is 426 g/mol. The van der Waals surface area contributed by atoms with Gasteiger partial charge in [0.25, 0.3) is 11.8 Å². The maximum absolute atomic E-state index is 13.1. The Morgan fingerprint density at radius 3 is 2.41 bits per heavy atom. The minimum atomic E-state index is -0.365. The van der Waals surface area contributed by atoms with Gasteiger partial charge in [-0.15, -0.1) is 11.3 Å². The normalized spacial score (nSPS) is 14.0. The quantitative estimate of drug-likeness (QED) is 0.507. The first-order valence-corrected chi connectivity index (χ1v) is 10.9. The van der Waals surface area contributed by atoms with E-state index >= 15 is 0 Å². The largest absolute Gasteiger partial charge is 0.493 e. The molecule has 1 aliphatic rings. The van der Waals surface area contributed by atoms with Crippen LogP contribution in [-0.2, 0) is 9.59 Å². The van der Waals surface area contributed by atoms with Crippen LogP contribution in [0.15, 0.2) is 54.6 Å². The Hall–Kier alpha value is -3.58. The van der Waals surface area contributed by atoms with Gasteiger partial charge in [0.2, 0.25) is 5.75 Å². The Bertz CT molecular complexity index is 1180. The van der Waals surface area contributed by atoms with Crippen molar-refractivity contribution in [2.75, 3.05) is 27.9 Å². The highest BCUT2D eigenvalue weighted by Crippen LogP contribution is 2.38. The number of rotatable bonds is 6. The van der Waals surface area contributed by atoms with Crippen LogP contribution in [0.4, 0.5) is 0 Å². The van der Waals surface area contributed by atoms with Crippen LogP contribution in [0.1, 0.15) is 16.9 Å². The molecule has 0 N–H and O–H groups in total. The summed E-state index contributed by atoms with van der Waals surface area (Å²) in [4.78, 5) is 28.1. The molecule has 1 aromatic heterocycles. The molecule has 0 unspecified atom stereocenters. The molecule has 0 spiro atoms. The average molecular weight is 450 g/mol. The van der Waals surface area contributed by atoms with E-state index in [1.807, 2.05) is 36.4 Å². The fourth-order valence-corrected chi connectivity index (χ4v) is 4.75. The zero-order chi connectivity index (χ0) is 22.7. The van der Waals surface area contributed by atoms with Gasteiger partial charge >= 0.3 is 0 Å². The first-order valence-electron chi connectivity index (χ1n) is 10.1. The molecule has 0 fully saturated rings. The number of thiophene rings is 1. The van der Waals surface area contributed by atoms with E-state index in [9.17, 15) is 9.59 Å². The molecule has 0 radical (unpaired) electrons. The van der Waals surface area contributed by atoms with Crippen LogP contribution in [0, 0.1) is 0 Å². The third-order valence-electron chi connectivity index (χ3n) is 5.24. The number of methoxy groups -OCH3 is 3. The topological polar surface area (TPSA) is 65.1 Å². The minimum Gasteiger partial charge on any atom is -0.493 e. The summed E-state index contributed by atoms with van der Waals surface area (Å²) in [6.45, 7) is 0.353. The van der Waals surface area contributed by atoms with Crippen LogP contribution in [-0.4, -0.2) is 44.6 Å². The predicted molar refractivity (Wildman–Crippen MR) is 126 cm³/mol. The first-order chi connectivity index (χ1) is 15.5. The fourth-order valence-electron chi connectivity index (χ4n) is 3.66. The standard InChI is InChI=1S/C25H23NO5S/c1-29-19-13-16(14-20(30-2)24(19)31-3)10-11-23(27)26-12-6-8-18(25(26)28)22-15-17-7-4-5-9-21(17)32-22/h4-5,7-11,13-15H,6,12H2,1-3H3/b11-10+. The van der Waals surface area contributed by atoms with Crippen molar-refractivity contribution in [1.82, 2.24) is 4.90 Å². The van der Waals surface area contributed by atoms with Crippen LogP contribution in [0.25, 0.3) is 21.7 Å². The molecule has 4 rings (SSSR count). The molecule has 0 atom stereocenters. The van der Waals surface area contributed by atoms with Crippen LogP contribution in [0.5, 0.6) is 17.2 Å². The van der Waals surface area contributed by atoms with Gasteiger partial charge < -0.3 is 14.2 Å². The highest BCUT2D eigenvalue weighted by atomic mass is 32.1. The number of nitrogens with zero attached hydrogens (tertiary/aromatic N) is 1. The Morgan fingerprint density at radius 1 is 1.03 bits per heavy atom. The monoisotopic (exact) mass is 449 g/mol. The van der Waals surface area contributed by atoms with Crippen LogP contribution < -0.4 is 14.2 Å².